The molecule has 5 heteroatoms. The van der Waals surface area contributed by atoms with Crippen molar-refractivity contribution in [1.29, 1.82) is 0 Å². The first kappa shape index (κ1) is 11.2. The van der Waals surface area contributed by atoms with Crippen molar-refractivity contribution in [1.82, 2.24) is 9.97 Å². The van der Waals surface area contributed by atoms with Gasteiger partial charge >= 0.3 is 0 Å². The summed E-state index contributed by atoms with van der Waals surface area (Å²) in [6.45, 7) is 0. The number of anilines is 1. The van der Waals surface area contributed by atoms with Crippen molar-refractivity contribution >= 4 is 11.7 Å². The SMILES string of the molecule is CN(C(=O)c1cccc(F)n1)c1ccccn1. The molecule has 0 fully saturated rings. The number of aromatic nitrogens is 2. The summed E-state index contributed by atoms with van der Waals surface area (Å²) in [5.74, 6) is -0.586. The Labute approximate surface area is 97.7 Å². The number of hydrogen-bond acceptors (Lipinski definition) is 3. The first-order valence-corrected chi connectivity index (χ1v) is 5.00. The van der Waals surface area contributed by atoms with Crippen molar-refractivity contribution in [2.24, 2.45) is 0 Å². The lowest BCUT2D eigenvalue weighted by Gasteiger charge is -2.15. The molecule has 17 heavy (non-hydrogen) atoms. The zero-order valence-corrected chi connectivity index (χ0v) is 9.17. The largest absolute Gasteiger partial charge is 0.294 e. The minimum atomic E-state index is -0.676. The van der Waals surface area contributed by atoms with E-state index in [9.17, 15) is 9.18 Å². The van der Waals surface area contributed by atoms with Gasteiger partial charge in [-0.05, 0) is 24.3 Å². The van der Waals surface area contributed by atoms with Gasteiger partial charge in [-0.25, -0.2) is 9.97 Å². The summed E-state index contributed by atoms with van der Waals surface area (Å²) >= 11 is 0. The number of carbonyl (C=O) groups is 1. The summed E-state index contributed by atoms with van der Waals surface area (Å²) in [6, 6.07) is 9.31. The molecule has 1 amide bonds. The van der Waals surface area contributed by atoms with Crippen LogP contribution in [0.4, 0.5) is 10.2 Å². The monoisotopic (exact) mass is 231 g/mol. The highest BCUT2D eigenvalue weighted by Crippen LogP contribution is 2.10. The second-order valence-electron chi connectivity index (χ2n) is 3.40. The first-order chi connectivity index (χ1) is 8.18. The van der Waals surface area contributed by atoms with Crippen LogP contribution in [0.2, 0.25) is 0 Å². The van der Waals surface area contributed by atoms with E-state index in [1.54, 1.807) is 31.4 Å². The Bertz CT molecular complexity index is 530. The van der Waals surface area contributed by atoms with Gasteiger partial charge in [0.1, 0.15) is 11.5 Å². The van der Waals surface area contributed by atoms with E-state index in [0.29, 0.717) is 5.82 Å². The Morgan fingerprint density at radius 1 is 1.24 bits per heavy atom. The van der Waals surface area contributed by atoms with Crippen LogP contribution in [0.25, 0.3) is 0 Å². The van der Waals surface area contributed by atoms with Gasteiger partial charge in [0.15, 0.2) is 0 Å². The Hall–Kier alpha value is -2.30. The fraction of sp³-hybridized carbons (Fsp3) is 0.0833. The Balaban J connectivity index is 2.27. The Morgan fingerprint density at radius 3 is 2.71 bits per heavy atom. The van der Waals surface area contributed by atoms with E-state index >= 15 is 0 Å². The highest BCUT2D eigenvalue weighted by atomic mass is 19.1. The maximum Gasteiger partial charge on any atom is 0.277 e. The number of halogens is 1. The topological polar surface area (TPSA) is 46.1 Å². The summed E-state index contributed by atoms with van der Waals surface area (Å²) in [4.78, 5) is 20.8. The molecule has 0 atom stereocenters. The third kappa shape index (κ3) is 2.44. The molecule has 2 aromatic heterocycles. The average Bonchev–Trinajstić information content (AvgIpc) is 2.38. The van der Waals surface area contributed by atoms with Gasteiger partial charge in [-0.15, -0.1) is 0 Å². The highest BCUT2D eigenvalue weighted by molar-refractivity contribution is 6.03. The number of amides is 1. The molecular formula is C12H10FN3O. The van der Waals surface area contributed by atoms with E-state index in [1.807, 2.05) is 0 Å². The number of carbonyl (C=O) groups excluding carboxylic acids is 1. The van der Waals surface area contributed by atoms with E-state index in [1.165, 1.54) is 23.1 Å². The number of rotatable bonds is 2. The van der Waals surface area contributed by atoms with Crippen molar-refractivity contribution in [3.63, 3.8) is 0 Å². The van der Waals surface area contributed by atoms with E-state index < -0.39 is 11.9 Å². The van der Waals surface area contributed by atoms with Gasteiger partial charge in [-0.3, -0.25) is 9.69 Å². The summed E-state index contributed by atoms with van der Waals surface area (Å²) in [6.07, 6.45) is 1.58. The summed E-state index contributed by atoms with van der Waals surface area (Å²) < 4.78 is 12.9. The third-order valence-corrected chi connectivity index (χ3v) is 2.23. The van der Waals surface area contributed by atoms with Gasteiger partial charge in [0.25, 0.3) is 5.91 Å². The fourth-order valence-corrected chi connectivity index (χ4v) is 1.36. The van der Waals surface area contributed by atoms with E-state index in [4.69, 9.17) is 0 Å². The van der Waals surface area contributed by atoms with E-state index in [-0.39, 0.29) is 5.69 Å². The zero-order chi connectivity index (χ0) is 12.3. The minimum Gasteiger partial charge on any atom is -0.294 e. The number of hydrogen-bond donors (Lipinski definition) is 0. The zero-order valence-electron chi connectivity index (χ0n) is 9.17. The molecule has 4 nitrogen and oxygen atoms in total. The van der Waals surface area contributed by atoms with Crippen LogP contribution in [-0.4, -0.2) is 22.9 Å². The lowest BCUT2D eigenvalue weighted by atomic mass is 10.3. The van der Waals surface area contributed by atoms with Crippen LogP contribution in [0, 0.1) is 5.95 Å². The predicted octanol–water partition coefficient (Wildman–Crippen LogP) is 1.89. The molecule has 0 bridgehead atoms. The van der Waals surface area contributed by atoms with Crippen LogP contribution in [-0.2, 0) is 0 Å². The first-order valence-electron chi connectivity index (χ1n) is 5.00. The maximum absolute atomic E-state index is 12.9. The second kappa shape index (κ2) is 4.69. The molecule has 0 aliphatic rings. The number of nitrogens with zero attached hydrogens (tertiary/aromatic N) is 3. The molecule has 86 valence electrons. The second-order valence-corrected chi connectivity index (χ2v) is 3.40. The lowest BCUT2D eigenvalue weighted by Crippen LogP contribution is -2.27. The van der Waals surface area contributed by atoms with Crippen LogP contribution in [0.15, 0.2) is 42.6 Å². The van der Waals surface area contributed by atoms with Crippen molar-refractivity contribution < 1.29 is 9.18 Å². The molecule has 0 unspecified atom stereocenters. The summed E-state index contributed by atoms with van der Waals surface area (Å²) in [5.41, 5.74) is 0.0538. The summed E-state index contributed by atoms with van der Waals surface area (Å²) in [5, 5.41) is 0. The third-order valence-electron chi connectivity index (χ3n) is 2.23. The molecule has 0 saturated heterocycles. The minimum absolute atomic E-state index is 0.0538. The molecule has 2 heterocycles. The van der Waals surface area contributed by atoms with Gasteiger partial charge < -0.3 is 0 Å². The van der Waals surface area contributed by atoms with Crippen LogP contribution >= 0.6 is 0 Å². The van der Waals surface area contributed by atoms with Gasteiger partial charge in [-0.1, -0.05) is 12.1 Å². The molecule has 0 saturated carbocycles. The molecule has 2 aromatic rings. The predicted molar refractivity (Wildman–Crippen MR) is 61.2 cm³/mol. The van der Waals surface area contributed by atoms with Crippen molar-refractivity contribution in [2.45, 2.75) is 0 Å². The van der Waals surface area contributed by atoms with Crippen molar-refractivity contribution in [3.8, 4) is 0 Å². The van der Waals surface area contributed by atoms with Gasteiger partial charge in [0.05, 0.1) is 0 Å². The van der Waals surface area contributed by atoms with Gasteiger partial charge in [-0.2, -0.15) is 4.39 Å². The molecule has 0 N–H and O–H groups in total. The van der Waals surface area contributed by atoms with Crippen LogP contribution in [0.5, 0.6) is 0 Å². The fourth-order valence-electron chi connectivity index (χ4n) is 1.36. The van der Waals surface area contributed by atoms with E-state index in [2.05, 4.69) is 9.97 Å². The Kier molecular flexibility index (Phi) is 3.09. The van der Waals surface area contributed by atoms with Crippen LogP contribution in [0.1, 0.15) is 10.5 Å². The maximum atomic E-state index is 12.9. The Morgan fingerprint density at radius 2 is 2.06 bits per heavy atom. The van der Waals surface area contributed by atoms with Crippen molar-refractivity contribution in [2.75, 3.05) is 11.9 Å². The lowest BCUT2D eigenvalue weighted by molar-refractivity contribution is 0.0986. The smallest absolute Gasteiger partial charge is 0.277 e. The summed E-state index contributed by atoms with van der Waals surface area (Å²) in [7, 11) is 1.57. The average molecular weight is 231 g/mol. The van der Waals surface area contributed by atoms with E-state index in [0.717, 1.165) is 0 Å². The number of pyridine rings is 2. The molecule has 0 aliphatic carbocycles. The van der Waals surface area contributed by atoms with Gasteiger partial charge in [0.2, 0.25) is 5.95 Å². The van der Waals surface area contributed by atoms with Crippen molar-refractivity contribution in [3.05, 3.63) is 54.2 Å². The molecule has 0 radical (unpaired) electrons. The van der Waals surface area contributed by atoms with Crippen LogP contribution in [0.3, 0.4) is 0 Å². The normalized spacial score (nSPS) is 10.0. The quantitative estimate of drug-likeness (QED) is 0.741. The molecule has 0 aliphatic heterocycles. The standard InChI is InChI=1S/C12H10FN3O/c1-16(11-7-2-3-8-14-11)12(17)9-5-4-6-10(13)15-9/h2-8H,1H3. The molecule has 2 rings (SSSR count). The molecule has 0 spiro atoms. The van der Waals surface area contributed by atoms with Gasteiger partial charge in [0, 0.05) is 13.2 Å². The molecular weight excluding hydrogens is 221 g/mol. The highest BCUT2D eigenvalue weighted by Gasteiger charge is 2.15. The molecule has 0 aromatic carbocycles. The van der Waals surface area contributed by atoms with Crippen LogP contribution < -0.4 is 4.90 Å².